The van der Waals surface area contributed by atoms with Gasteiger partial charge in [0.15, 0.2) is 0 Å². The van der Waals surface area contributed by atoms with Crippen LogP contribution in [0.15, 0.2) is 48.5 Å². The average molecular weight is 271 g/mol. The van der Waals surface area contributed by atoms with E-state index in [2.05, 4.69) is 15.1 Å². The van der Waals surface area contributed by atoms with Crippen LogP contribution in [-0.2, 0) is 14.6 Å². The van der Waals surface area contributed by atoms with Gasteiger partial charge in [0, 0.05) is 5.69 Å². The van der Waals surface area contributed by atoms with E-state index < -0.39 is 5.97 Å². The fraction of sp³-hybridized carbons (Fsp3) is 0.0667. The van der Waals surface area contributed by atoms with E-state index in [1.165, 1.54) is 7.11 Å². The molecule has 0 aliphatic carbocycles. The van der Waals surface area contributed by atoms with Crippen molar-refractivity contribution in [1.82, 2.24) is 0 Å². The summed E-state index contributed by atoms with van der Waals surface area (Å²) in [5.41, 5.74) is 3.07. The van der Waals surface area contributed by atoms with Crippen LogP contribution in [0.2, 0.25) is 0 Å². The Balaban J connectivity index is 2.17. The summed E-state index contributed by atoms with van der Waals surface area (Å²) >= 11 is 0. The van der Waals surface area contributed by atoms with E-state index in [0.717, 1.165) is 16.8 Å². The van der Waals surface area contributed by atoms with E-state index >= 15 is 0 Å². The van der Waals surface area contributed by atoms with E-state index in [9.17, 15) is 9.59 Å². The van der Waals surface area contributed by atoms with Crippen LogP contribution in [0.4, 0.5) is 5.69 Å². The van der Waals surface area contributed by atoms with Gasteiger partial charge >= 0.3 is 5.97 Å². The summed E-state index contributed by atoms with van der Waals surface area (Å²) in [4.78, 5) is 30.5. The van der Waals surface area contributed by atoms with Crippen LogP contribution in [0.1, 0.15) is 10.4 Å². The molecule has 20 heavy (non-hydrogen) atoms. The van der Waals surface area contributed by atoms with Crippen LogP contribution < -0.4 is 5.32 Å². The molecular formula is C15H13NO4. The number of benzene rings is 2. The third kappa shape index (κ3) is 3.21. The lowest BCUT2D eigenvalue weighted by Crippen LogP contribution is -2.03. The number of carbonyl (C=O) groups is 2. The number of nitrogens with one attached hydrogen (secondary N) is 1. The Morgan fingerprint density at radius 3 is 2.05 bits per heavy atom. The monoisotopic (exact) mass is 271 g/mol. The number of hydrogen-bond donors (Lipinski definition) is 1. The maximum Gasteiger partial charge on any atom is 0.373 e. The van der Waals surface area contributed by atoms with Crippen LogP contribution in [0, 0.1) is 0 Å². The highest BCUT2D eigenvalue weighted by Crippen LogP contribution is 2.22. The van der Waals surface area contributed by atoms with E-state index in [1.54, 1.807) is 24.3 Å². The van der Waals surface area contributed by atoms with Crippen LogP contribution in [-0.4, -0.2) is 19.5 Å². The molecule has 0 atom stereocenters. The SMILES string of the molecule is COOC(=O)c1ccc(-c2ccc(NC=O)cc2)cc1. The molecule has 2 rings (SSSR count). The van der Waals surface area contributed by atoms with E-state index in [1.807, 2.05) is 24.3 Å². The summed E-state index contributed by atoms with van der Waals surface area (Å²) in [5, 5.41) is 2.57. The first-order valence-corrected chi connectivity index (χ1v) is 5.90. The van der Waals surface area contributed by atoms with Gasteiger partial charge in [-0.05, 0) is 35.4 Å². The van der Waals surface area contributed by atoms with E-state index in [-0.39, 0.29) is 0 Å². The van der Waals surface area contributed by atoms with Crippen molar-refractivity contribution in [1.29, 1.82) is 0 Å². The normalized spacial score (nSPS) is 9.85. The lowest BCUT2D eigenvalue weighted by Gasteiger charge is -2.05. The molecule has 0 saturated heterocycles. The van der Waals surface area contributed by atoms with Gasteiger partial charge in [-0.25, -0.2) is 4.79 Å². The summed E-state index contributed by atoms with van der Waals surface area (Å²) in [7, 11) is 1.28. The van der Waals surface area contributed by atoms with Gasteiger partial charge in [0.1, 0.15) is 0 Å². The Kier molecular flexibility index (Phi) is 4.47. The number of hydrogen-bond acceptors (Lipinski definition) is 4. The number of anilines is 1. The summed E-state index contributed by atoms with van der Waals surface area (Å²) in [6.07, 6.45) is 0.630. The third-order valence-corrected chi connectivity index (χ3v) is 2.72. The minimum absolute atomic E-state index is 0.412. The fourth-order valence-corrected chi connectivity index (χ4v) is 1.75. The molecular weight excluding hydrogens is 258 g/mol. The van der Waals surface area contributed by atoms with Crippen LogP contribution in [0.5, 0.6) is 0 Å². The van der Waals surface area contributed by atoms with Crippen molar-refractivity contribution in [2.45, 2.75) is 0 Å². The molecule has 0 aliphatic rings. The molecule has 0 aliphatic heterocycles. The quantitative estimate of drug-likeness (QED) is 0.516. The number of rotatable bonds is 5. The highest BCUT2D eigenvalue weighted by molar-refractivity contribution is 5.89. The lowest BCUT2D eigenvalue weighted by molar-refractivity contribution is -0.216. The maximum absolute atomic E-state index is 11.4. The topological polar surface area (TPSA) is 64.6 Å². The van der Waals surface area contributed by atoms with Gasteiger partial charge in [-0.1, -0.05) is 24.3 Å². The molecule has 0 heterocycles. The summed E-state index contributed by atoms with van der Waals surface area (Å²) in [6.45, 7) is 0. The van der Waals surface area contributed by atoms with Gasteiger partial charge in [-0.3, -0.25) is 9.68 Å². The first-order chi connectivity index (χ1) is 9.74. The summed E-state index contributed by atoms with van der Waals surface area (Å²) in [5.74, 6) is -0.537. The molecule has 102 valence electrons. The molecule has 0 fully saturated rings. The molecule has 2 aromatic carbocycles. The van der Waals surface area contributed by atoms with Crippen molar-refractivity contribution in [2.24, 2.45) is 0 Å². The summed E-state index contributed by atoms with van der Waals surface area (Å²) < 4.78 is 0. The Morgan fingerprint density at radius 1 is 1.00 bits per heavy atom. The van der Waals surface area contributed by atoms with Crippen LogP contribution >= 0.6 is 0 Å². The zero-order valence-corrected chi connectivity index (χ0v) is 10.8. The van der Waals surface area contributed by atoms with Crippen molar-refractivity contribution in [2.75, 3.05) is 12.4 Å². The predicted octanol–water partition coefficient (Wildman–Crippen LogP) is 2.64. The number of amides is 1. The zero-order chi connectivity index (χ0) is 14.4. The second kappa shape index (κ2) is 6.49. The maximum atomic E-state index is 11.4. The molecule has 2 aromatic rings. The van der Waals surface area contributed by atoms with Crippen molar-refractivity contribution < 1.29 is 19.4 Å². The molecule has 0 saturated carbocycles. The molecule has 5 heteroatoms. The average Bonchev–Trinajstić information content (AvgIpc) is 2.49. The first kappa shape index (κ1) is 13.8. The Labute approximate surface area is 116 Å². The minimum Gasteiger partial charge on any atom is -0.329 e. The van der Waals surface area contributed by atoms with Crippen molar-refractivity contribution in [3.05, 3.63) is 54.1 Å². The largest absolute Gasteiger partial charge is 0.373 e. The van der Waals surface area contributed by atoms with Crippen LogP contribution in [0.3, 0.4) is 0 Å². The molecule has 1 N–H and O–H groups in total. The van der Waals surface area contributed by atoms with E-state index in [4.69, 9.17) is 0 Å². The number of carbonyl (C=O) groups excluding carboxylic acids is 2. The van der Waals surface area contributed by atoms with Crippen molar-refractivity contribution in [3.8, 4) is 11.1 Å². The van der Waals surface area contributed by atoms with Gasteiger partial charge in [0.25, 0.3) is 0 Å². The highest BCUT2D eigenvalue weighted by atomic mass is 17.2. The molecule has 0 unspecified atom stereocenters. The van der Waals surface area contributed by atoms with Gasteiger partial charge in [0.2, 0.25) is 6.41 Å². The molecule has 0 radical (unpaired) electrons. The molecule has 0 bridgehead atoms. The van der Waals surface area contributed by atoms with Gasteiger partial charge in [0.05, 0.1) is 12.7 Å². The van der Waals surface area contributed by atoms with Gasteiger partial charge < -0.3 is 5.32 Å². The Morgan fingerprint density at radius 2 is 1.55 bits per heavy atom. The fourth-order valence-electron chi connectivity index (χ4n) is 1.75. The second-order valence-corrected chi connectivity index (χ2v) is 3.95. The molecule has 0 spiro atoms. The van der Waals surface area contributed by atoms with E-state index in [0.29, 0.717) is 12.0 Å². The molecule has 0 aromatic heterocycles. The van der Waals surface area contributed by atoms with Gasteiger partial charge in [-0.15, -0.1) is 0 Å². The minimum atomic E-state index is -0.537. The predicted molar refractivity (Wildman–Crippen MR) is 74.0 cm³/mol. The van der Waals surface area contributed by atoms with Crippen molar-refractivity contribution in [3.63, 3.8) is 0 Å². The van der Waals surface area contributed by atoms with Crippen LogP contribution in [0.25, 0.3) is 11.1 Å². The summed E-state index contributed by atoms with van der Waals surface area (Å²) in [6, 6.07) is 14.3. The smallest absolute Gasteiger partial charge is 0.329 e. The Bertz CT molecular complexity index is 590. The van der Waals surface area contributed by atoms with Crippen molar-refractivity contribution >= 4 is 18.1 Å². The van der Waals surface area contributed by atoms with Gasteiger partial charge in [-0.2, -0.15) is 4.89 Å². The second-order valence-electron chi connectivity index (χ2n) is 3.95. The zero-order valence-electron chi connectivity index (χ0n) is 10.8. The third-order valence-electron chi connectivity index (χ3n) is 2.72. The standard InChI is InChI=1S/C15H13NO4/c1-19-20-15(18)13-4-2-11(3-5-13)12-6-8-14(9-7-12)16-10-17/h2-10H,1H3,(H,16,17). The highest BCUT2D eigenvalue weighted by Gasteiger charge is 2.07. The Hall–Kier alpha value is -2.66. The molecule has 1 amide bonds. The first-order valence-electron chi connectivity index (χ1n) is 5.90. The molecule has 5 nitrogen and oxygen atoms in total. The lowest BCUT2D eigenvalue weighted by atomic mass is 10.0.